The number of carbonyl (C=O) groups excluding carboxylic acids is 2. The molecule has 0 aliphatic carbocycles. The van der Waals surface area contributed by atoms with E-state index in [-0.39, 0.29) is 23.3 Å². The Hall–Kier alpha value is -3.81. The van der Waals surface area contributed by atoms with Crippen molar-refractivity contribution in [1.29, 1.82) is 0 Å². The normalized spacial score (nSPS) is 15.5. The number of fused-ring (bicyclic) bond motifs is 1. The Balaban J connectivity index is 1.89. The van der Waals surface area contributed by atoms with Crippen molar-refractivity contribution in [2.45, 2.75) is 19.9 Å². The summed E-state index contributed by atoms with van der Waals surface area (Å²) >= 11 is 0. The van der Waals surface area contributed by atoms with Gasteiger partial charge in [-0.3, -0.25) is 9.59 Å². The smallest absolute Gasteiger partial charge is 0.268 e. The van der Waals surface area contributed by atoms with Crippen LogP contribution in [0.15, 0.2) is 71.9 Å². The van der Waals surface area contributed by atoms with E-state index in [0.29, 0.717) is 23.6 Å². The molecule has 1 aliphatic rings. The summed E-state index contributed by atoms with van der Waals surface area (Å²) in [4.78, 5) is 26.7. The Kier molecular flexibility index (Phi) is 5.38. The van der Waals surface area contributed by atoms with Gasteiger partial charge in [-0.2, -0.15) is 4.68 Å². The third-order valence-corrected chi connectivity index (χ3v) is 4.81. The summed E-state index contributed by atoms with van der Waals surface area (Å²) in [6.07, 6.45) is 0. The van der Waals surface area contributed by atoms with Gasteiger partial charge in [0.25, 0.3) is 5.91 Å². The van der Waals surface area contributed by atoms with Crippen molar-refractivity contribution in [3.8, 4) is 0 Å². The van der Waals surface area contributed by atoms with Crippen LogP contribution in [0.4, 0.5) is 5.95 Å². The molecule has 0 fully saturated rings. The number of nitrogens with one attached hydrogen (secondary N) is 2. The Labute approximate surface area is 174 Å². The molecule has 0 saturated carbocycles. The number of hydrogen-bond donors (Lipinski definition) is 2. The monoisotopic (exact) mass is 402 g/mol. The second-order valence-corrected chi connectivity index (χ2v) is 7.47. The minimum Gasteiger partial charge on any atom is -0.351 e. The minimum absolute atomic E-state index is 0.167. The van der Waals surface area contributed by atoms with Crippen molar-refractivity contribution < 1.29 is 9.59 Å². The molecule has 0 saturated heterocycles. The van der Waals surface area contributed by atoms with Gasteiger partial charge in [-0.05, 0) is 21.9 Å². The van der Waals surface area contributed by atoms with Gasteiger partial charge in [-0.1, -0.05) is 79.6 Å². The summed E-state index contributed by atoms with van der Waals surface area (Å²) in [5.41, 5.74) is 1.76. The maximum Gasteiger partial charge on any atom is 0.268 e. The van der Waals surface area contributed by atoms with E-state index in [4.69, 9.17) is 0 Å². The highest BCUT2D eigenvalue weighted by Gasteiger charge is 2.37. The van der Waals surface area contributed by atoms with Gasteiger partial charge in [0.15, 0.2) is 5.78 Å². The lowest BCUT2D eigenvalue weighted by atomic mass is 9.89. The third kappa shape index (κ3) is 3.71. The molecular formula is C22H22N6O2. The van der Waals surface area contributed by atoms with Crippen LogP contribution in [0.2, 0.25) is 0 Å². The molecule has 1 aromatic heterocycles. The van der Waals surface area contributed by atoms with Crippen molar-refractivity contribution in [2.75, 3.05) is 11.9 Å². The Morgan fingerprint density at radius 3 is 2.40 bits per heavy atom. The van der Waals surface area contributed by atoms with E-state index in [1.165, 1.54) is 4.68 Å². The van der Waals surface area contributed by atoms with Gasteiger partial charge < -0.3 is 10.6 Å². The van der Waals surface area contributed by atoms with Gasteiger partial charge in [0.1, 0.15) is 11.7 Å². The van der Waals surface area contributed by atoms with Crippen LogP contribution in [0.3, 0.4) is 0 Å². The first-order chi connectivity index (χ1) is 14.6. The lowest BCUT2D eigenvalue weighted by Crippen LogP contribution is -2.38. The Bertz CT molecular complexity index is 1090. The number of anilines is 1. The number of aromatic nitrogens is 4. The highest BCUT2D eigenvalue weighted by Crippen LogP contribution is 2.36. The molecule has 3 aromatic rings. The highest BCUT2D eigenvalue weighted by molar-refractivity contribution is 6.15. The van der Waals surface area contributed by atoms with E-state index < -0.39 is 6.04 Å². The molecule has 8 nitrogen and oxygen atoms in total. The molecule has 1 aliphatic heterocycles. The second-order valence-electron chi connectivity index (χ2n) is 7.47. The van der Waals surface area contributed by atoms with Crippen LogP contribution in [0.25, 0.3) is 0 Å². The minimum atomic E-state index is -0.634. The first-order valence-corrected chi connectivity index (χ1v) is 9.78. The quantitative estimate of drug-likeness (QED) is 0.615. The zero-order valence-electron chi connectivity index (χ0n) is 16.7. The van der Waals surface area contributed by atoms with E-state index in [0.717, 1.165) is 5.56 Å². The molecule has 2 heterocycles. The van der Waals surface area contributed by atoms with Crippen molar-refractivity contribution in [2.24, 2.45) is 5.92 Å². The maximum atomic E-state index is 13.6. The van der Waals surface area contributed by atoms with E-state index in [1.807, 2.05) is 50.2 Å². The number of Topliss-reactive ketones (excluding diaryl/α,β-unsaturated/α-hetero) is 1. The van der Waals surface area contributed by atoms with E-state index in [1.54, 1.807) is 24.3 Å². The number of nitrogens with zero attached hydrogens (tertiary/aromatic N) is 4. The van der Waals surface area contributed by atoms with Gasteiger partial charge in [-0.25, -0.2) is 0 Å². The molecule has 152 valence electrons. The molecule has 30 heavy (non-hydrogen) atoms. The number of benzene rings is 2. The molecule has 2 N–H and O–H groups in total. The van der Waals surface area contributed by atoms with E-state index in [2.05, 4.69) is 26.2 Å². The topological polar surface area (TPSA) is 102 Å². The Morgan fingerprint density at radius 1 is 1.07 bits per heavy atom. The summed E-state index contributed by atoms with van der Waals surface area (Å²) in [6.45, 7) is 4.50. The van der Waals surface area contributed by atoms with E-state index in [9.17, 15) is 9.59 Å². The van der Waals surface area contributed by atoms with Gasteiger partial charge in [-0.15, -0.1) is 0 Å². The van der Waals surface area contributed by atoms with Gasteiger partial charge >= 0.3 is 0 Å². The molecule has 8 heteroatoms. The van der Waals surface area contributed by atoms with Crippen LogP contribution in [-0.4, -0.2) is 38.4 Å². The van der Waals surface area contributed by atoms with Crippen LogP contribution in [-0.2, 0) is 4.79 Å². The summed E-state index contributed by atoms with van der Waals surface area (Å²) in [6, 6.07) is 17.7. The van der Waals surface area contributed by atoms with Crippen molar-refractivity contribution in [3.63, 3.8) is 0 Å². The zero-order chi connectivity index (χ0) is 21.1. The predicted octanol–water partition coefficient (Wildman–Crippen LogP) is 2.60. The Morgan fingerprint density at radius 2 is 1.73 bits per heavy atom. The molecule has 0 bridgehead atoms. The van der Waals surface area contributed by atoms with Crippen LogP contribution in [0, 0.1) is 5.92 Å². The SMILES string of the molecule is CC(C)CNC(=O)C1=C(C(=O)c2ccccc2)[C@H](c2ccccc2)n2nnnc2N1. The molecule has 0 spiro atoms. The predicted molar refractivity (Wildman–Crippen MR) is 112 cm³/mol. The molecule has 1 amide bonds. The standard InChI is InChI=1S/C22H22N6O2/c1-14(2)13-23-21(30)18-17(20(29)16-11-7-4-8-12-16)19(15-9-5-3-6-10-15)28-22(24-18)25-26-27-28/h3-12,14,19H,13H2,1-2H3,(H,23,30)(H,24,25,27)/t19-/m0/s1. The average Bonchev–Trinajstić information content (AvgIpc) is 3.25. The average molecular weight is 402 g/mol. The van der Waals surface area contributed by atoms with Crippen LogP contribution in [0.5, 0.6) is 0 Å². The number of carbonyl (C=O) groups is 2. The second kappa shape index (κ2) is 8.28. The van der Waals surface area contributed by atoms with E-state index >= 15 is 0 Å². The fraction of sp³-hybridized carbons (Fsp3) is 0.227. The lowest BCUT2D eigenvalue weighted by molar-refractivity contribution is -0.117. The zero-order valence-corrected chi connectivity index (χ0v) is 16.7. The maximum absolute atomic E-state index is 13.6. The lowest BCUT2D eigenvalue weighted by Gasteiger charge is -2.28. The van der Waals surface area contributed by atoms with Crippen LogP contribution >= 0.6 is 0 Å². The fourth-order valence-corrected chi connectivity index (χ4v) is 3.38. The largest absolute Gasteiger partial charge is 0.351 e. The number of amides is 1. The summed E-state index contributed by atoms with van der Waals surface area (Å²) < 4.78 is 1.53. The summed E-state index contributed by atoms with van der Waals surface area (Å²) in [5, 5.41) is 17.7. The third-order valence-electron chi connectivity index (χ3n) is 4.81. The summed E-state index contributed by atoms with van der Waals surface area (Å²) in [5.74, 6) is -0.0456. The van der Waals surface area contributed by atoms with Gasteiger partial charge in [0.2, 0.25) is 5.95 Å². The number of allylic oxidation sites excluding steroid dienone is 1. The number of hydrogen-bond acceptors (Lipinski definition) is 6. The highest BCUT2D eigenvalue weighted by atomic mass is 16.2. The first kappa shape index (κ1) is 19.5. The van der Waals surface area contributed by atoms with Crippen LogP contribution < -0.4 is 10.6 Å². The molecular weight excluding hydrogens is 380 g/mol. The fourth-order valence-electron chi connectivity index (χ4n) is 3.38. The van der Waals surface area contributed by atoms with Crippen molar-refractivity contribution >= 4 is 17.6 Å². The van der Waals surface area contributed by atoms with Gasteiger partial charge in [0, 0.05) is 12.1 Å². The van der Waals surface area contributed by atoms with Gasteiger partial charge in [0.05, 0.1) is 5.57 Å². The molecule has 1 atom stereocenters. The van der Waals surface area contributed by atoms with Crippen molar-refractivity contribution in [3.05, 3.63) is 83.1 Å². The van der Waals surface area contributed by atoms with Crippen molar-refractivity contribution in [1.82, 2.24) is 25.5 Å². The molecule has 2 aromatic carbocycles. The number of tetrazole rings is 1. The summed E-state index contributed by atoms with van der Waals surface area (Å²) in [7, 11) is 0. The molecule has 4 rings (SSSR count). The molecule has 0 radical (unpaired) electrons. The number of ketones is 1. The number of rotatable bonds is 6. The van der Waals surface area contributed by atoms with Crippen LogP contribution in [0.1, 0.15) is 35.8 Å². The first-order valence-electron chi connectivity index (χ1n) is 9.78. The molecule has 0 unspecified atom stereocenters.